The molecule has 4 nitrogen and oxygen atoms in total. The molecule has 0 fully saturated rings. The van der Waals surface area contributed by atoms with Gasteiger partial charge in [0.25, 0.3) is 0 Å². The van der Waals surface area contributed by atoms with Gasteiger partial charge in [0, 0.05) is 17.5 Å². The first-order valence-electron chi connectivity index (χ1n) is 5.31. The van der Waals surface area contributed by atoms with Crippen molar-refractivity contribution in [2.24, 2.45) is 5.73 Å². The molecule has 2 heterocycles. The number of amides is 1. The van der Waals surface area contributed by atoms with Crippen molar-refractivity contribution in [3.05, 3.63) is 29.5 Å². The van der Waals surface area contributed by atoms with Crippen molar-refractivity contribution in [2.75, 3.05) is 5.32 Å². The summed E-state index contributed by atoms with van der Waals surface area (Å²) in [6.07, 6.45) is 1.32. The molecule has 0 spiro atoms. The Balaban J connectivity index is 2.17. The fourth-order valence-corrected chi connectivity index (χ4v) is 2.07. The first-order chi connectivity index (χ1) is 7.76. The third-order valence-corrected chi connectivity index (χ3v) is 2.89. The van der Waals surface area contributed by atoms with E-state index < -0.39 is 0 Å². The van der Waals surface area contributed by atoms with Crippen LogP contribution >= 0.6 is 0 Å². The quantitative estimate of drug-likeness (QED) is 0.763. The lowest BCUT2D eigenvalue weighted by Crippen LogP contribution is -2.18. The molecule has 0 radical (unpaired) electrons. The number of fused-ring (bicyclic) bond motifs is 2. The maximum absolute atomic E-state index is 11.3. The summed E-state index contributed by atoms with van der Waals surface area (Å²) in [5.41, 5.74) is 8.39. The molecule has 4 heteroatoms. The molecule has 3 rings (SSSR count). The maximum Gasteiger partial charge on any atom is 0.224 e. The van der Waals surface area contributed by atoms with Crippen molar-refractivity contribution in [3.63, 3.8) is 0 Å². The number of anilines is 1. The molecule has 1 aromatic carbocycles. The van der Waals surface area contributed by atoms with Crippen LogP contribution in [0.3, 0.4) is 0 Å². The summed E-state index contributed by atoms with van der Waals surface area (Å²) < 4.78 is 5.57. The van der Waals surface area contributed by atoms with Gasteiger partial charge in [-0.3, -0.25) is 4.79 Å². The van der Waals surface area contributed by atoms with Gasteiger partial charge in [-0.15, -0.1) is 0 Å². The Morgan fingerprint density at radius 1 is 1.31 bits per heavy atom. The molecule has 0 unspecified atom stereocenters. The first-order valence-corrected chi connectivity index (χ1v) is 5.31. The second-order valence-corrected chi connectivity index (χ2v) is 4.01. The molecule has 2 aromatic rings. The van der Waals surface area contributed by atoms with Crippen LogP contribution in [0.5, 0.6) is 0 Å². The van der Waals surface area contributed by atoms with Gasteiger partial charge in [0.2, 0.25) is 5.91 Å². The minimum Gasteiger partial charge on any atom is -0.460 e. The van der Waals surface area contributed by atoms with E-state index in [-0.39, 0.29) is 5.91 Å². The van der Waals surface area contributed by atoms with Crippen LogP contribution in [0, 0.1) is 0 Å². The highest BCUT2D eigenvalue weighted by molar-refractivity contribution is 5.97. The molecule has 3 N–H and O–H groups in total. The van der Waals surface area contributed by atoms with Crippen molar-refractivity contribution in [3.8, 4) is 0 Å². The summed E-state index contributed by atoms with van der Waals surface area (Å²) in [7, 11) is 0. The Morgan fingerprint density at radius 2 is 2.19 bits per heavy atom. The second kappa shape index (κ2) is 3.35. The Kier molecular flexibility index (Phi) is 1.97. The molecule has 0 bridgehead atoms. The van der Waals surface area contributed by atoms with Crippen LogP contribution in [-0.4, -0.2) is 5.91 Å². The number of aryl methyl sites for hydroxylation is 1. The minimum absolute atomic E-state index is 0.0781. The summed E-state index contributed by atoms with van der Waals surface area (Å²) in [6.45, 7) is 0.395. The van der Waals surface area contributed by atoms with E-state index in [0.717, 1.165) is 34.4 Å². The predicted octanol–water partition coefficient (Wildman–Crippen LogP) is 1.78. The average Bonchev–Trinajstić information content (AvgIpc) is 2.67. The van der Waals surface area contributed by atoms with Crippen molar-refractivity contribution >= 4 is 22.6 Å². The lowest BCUT2D eigenvalue weighted by atomic mass is 10.0. The van der Waals surface area contributed by atoms with E-state index in [9.17, 15) is 4.79 Å². The molecule has 82 valence electrons. The summed E-state index contributed by atoms with van der Waals surface area (Å²) in [5.74, 6) is 0.845. The van der Waals surface area contributed by atoms with Crippen LogP contribution in [0.4, 0.5) is 5.69 Å². The highest BCUT2D eigenvalue weighted by atomic mass is 16.3. The monoisotopic (exact) mass is 216 g/mol. The van der Waals surface area contributed by atoms with Crippen LogP contribution in [0.15, 0.2) is 22.6 Å². The van der Waals surface area contributed by atoms with Crippen LogP contribution in [0.25, 0.3) is 11.0 Å². The number of carbonyl (C=O) groups excluding carboxylic acids is 1. The average molecular weight is 216 g/mol. The SMILES string of the molecule is NCc1cc2cc3c(cc2o1)CCC(=O)N3. The Morgan fingerprint density at radius 3 is 3.00 bits per heavy atom. The number of hydrogen-bond acceptors (Lipinski definition) is 3. The number of nitrogens with two attached hydrogens (primary N) is 1. The van der Waals surface area contributed by atoms with Crippen LogP contribution in [0.1, 0.15) is 17.7 Å². The second-order valence-electron chi connectivity index (χ2n) is 4.01. The van der Waals surface area contributed by atoms with Gasteiger partial charge in [-0.05, 0) is 30.2 Å². The van der Waals surface area contributed by atoms with E-state index >= 15 is 0 Å². The molecule has 1 aliphatic rings. The molecule has 0 saturated heterocycles. The lowest BCUT2D eigenvalue weighted by molar-refractivity contribution is -0.116. The molecule has 0 aliphatic carbocycles. The van der Waals surface area contributed by atoms with E-state index in [1.165, 1.54) is 0 Å². The molecule has 0 atom stereocenters. The van der Waals surface area contributed by atoms with E-state index in [1.54, 1.807) is 0 Å². The van der Waals surface area contributed by atoms with Gasteiger partial charge in [-0.2, -0.15) is 0 Å². The van der Waals surface area contributed by atoms with Gasteiger partial charge in [0.15, 0.2) is 0 Å². The van der Waals surface area contributed by atoms with Crippen LogP contribution in [-0.2, 0) is 17.8 Å². The van der Waals surface area contributed by atoms with Crippen molar-refractivity contribution < 1.29 is 9.21 Å². The Hall–Kier alpha value is -1.81. The van der Waals surface area contributed by atoms with E-state index in [2.05, 4.69) is 5.32 Å². The Labute approximate surface area is 92.4 Å². The smallest absolute Gasteiger partial charge is 0.224 e. The maximum atomic E-state index is 11.3. The number of hydrogen-bond donors (Lipinski definition) is 2. The Bertz CT molecular complexity index is 572. The zero-order chi connectivity index (χ0) is 11.1. The van der Waals surface area contributed by atoms with Gasteiger partial charge in [-0.25, -0.2) is 0 Å². The third kappa shape index (κ3) is 1.39. The molecule has 16 heavy (non-hydrogen) atoms. The summed E-state index contributed by atoms with van der Waals surface area (Å²) in [5, 5.41) is 3.85. The molecule has 1 aromatic heterocycles. The lowest BCUT2D eigenvalue weighted by Gasteiger charge is -2.16. The number of furan rings is 1. The highest BCUT2D eigenvalue weighted by Crippen LogP contribution is 2.29. The van der Waals surface area contributed by atoms with Crippen molar-refractivity contribution in [2.45, 2.75) is 19.4 Å². The number of rotatable bonds is 1. The topological polar surface area (TPSA) is 68.3 Å². The third-order valence-electron chi connectivity index (χ3n) is 2.89. The standard InChI is InChI=1S/C12H12N2O2/c13-6-9-3-8-4-10-7(5-11(8)16-9)1-2-12(15)14-10/h3-5H,1-2,6,13H2,(H,14,15). The molecular formula is C12H12N2O2. The normalized spacial score (nSPS) is 14.9. The minimum atomic E-state index is 0.0781. The van der Waals surface area contributed by atoms with Gasteiger partial charge in [-0.1, -0.05) is 0 Å². The fraction of sp³-hybridized carbons (Fsp3) is 0.250. The van der Waals surface area contributed by atoms with Crippen LogP contribution in [0.2, 0.25) is 0 Å². The summed E-state index contributed by atoms with van der Waals surface area (Å²) in [6, 6.07) is 5.85. The zero-order valence-electron chi connectivity index (χ0n) is 8.75. The number of nitrogens with one attached hydrogen (secondary N) is 1. The van der Waals surface area contributed by atoms with Gasteiger partial charge < -0.3 is 15.5 Å². The highest BCUT2D eigenvalue weighted by Gasteiger charge is 2.16. The van der Waals surface area contributed by atoms with Gasteiger partial charge >= 0.3 is 0 Å². The number of carbonyl (C=O) groups is 1. The van der Waals surface area contributed by atoms with Gasteiger partial charge in [0.1, 0.15) is 11.3 Å². The van der Waals surface area contributed by atoms with Gasteiger partial charge in [0.05, 0.1) is 6.54 Å². The van der Waals surface area contributed by atoms with E-state index in [0.29, 0.717) is 13.0 Å². The van der Waals surface area contributed by atoms with E-state index in [1.807, 2.05) is 18.2 Å². The van der Waals surface area contributed by atoms with Crippen molar-refractivity contribution in [1.29, 1.82) is 0 Å². The summed E-state index contributed by atoms with van der Waals surface area (Å²) >= 11 is 0. The molecule has 0 saturated carbocycles. The summed E-state index contributed by atoms with van der Waals surface area (Å²) in [4.78, 5) is 11.3. The molecular weight excluding hydrogens is 204 g/mol. The molecule has 1 aliphatic heterocycles. The predicted molar refractivity (Wildman–Crippen MR) is 61.1 cm³/mol. The van der Waals surface area contributed by atoms with Crippen LogP contribution < -0.4 is 11.1 Å². The first kappa shape index (κ1) is 9.42. The zero-order valence-corrected chi connectivity index (χ0v) is 8.75. The molecule has 1 amide bonds. The van der Waals surface area contributed by atoms with E-state index in [4.69, 9.17) is 10.2 Å². The largest absolute Gasteiger partial charge is 0.460 e. The fourth-order valence-electron chi connectivity index (χ4n) is 2.07. The number of benzene rings is 1. The van der Waals surface area contributed by atoms with Crippen molar-refractivity contribution in [1.82, 2.24) is 0 Å².